The zero-order valence-electron chi connectivity index (χ0n) is 10.3. The van der Waals surface area contributed by atoms with Gasteiger partial charge in [-0.3, -0.25) is 0 Å². The molecule has 1 rings (SSSR count). The summed E-state index contributed by atoms with van der Waals surface area (Å²) in [5.41, 5.74) is 0.951. The van der Waals surface area contributed by atoms with E-state index >= 15 is 0 Å². The Kier molecular flexibility index (Phi) is 9.92. The molecule has 0 aliphatic carbocycles. The number of phenols is 1. The molecule has 0 unspecified atom stereocenters. The van der Waals surface area contributed by atoms with Crippen LogP contribution < -0.4 is 5.32 Å². The second-order valence-corrected chi connectivity index (χ2v) is 3.71. The monoisotopic (exact) mass is 259 g/mol. The van der Waals surface area contributed by atoms with E-state index in [-0.39, 0.29) is 12.4 Å². The van der Waals surface area contributed by atoms with Crippen molar-refractivity contribution in [1.82, 2.24) is 5.32 Å². The number of hydrogen-bond donors (Lipinski definition) is 2. The Balaban J connectivity index is 0.00000256. The Morgan fingerprint density at radius 2 is 2.00 bits per heavy atom. The molecule has 0 spiro atoms. The first-order valence-corrected chi connectivity index (χ1v) is 5.90. The number of para-hydroxylation sites is 1. The van der Waals surface area contributed by atoms with Crippen LogP contribution in [0.4, 0.5) is 0 Å². The van der Waals surface area contributed by atoms with Gasteiger partial charge < -0.3 is 15.2 Å². The summed E-state index contributed by atoms with van der Waals surface area (Å²) in [6, 6.07) is 7.42. The van der Waals surface area contributed by atoms with Crippen molar-refractivity contribution in [3.63, 3.8) is 0 Å². The lowest BCUT2D eigenvalue weighted by atomic mass is 10.2. The van der Waals surface area contributed by atoms with Gasteiger partial charge >= 0.3 is 0 Å². The molecule has 0 bridgehead atoms. The van der Waals surface area contributed by atoms with Crippen molar-refractivity contribution < 1.29 is 9.84 Å². The maximum absolute atomic E-state index is 9.52. The quantitative estimate of drug-likeness (QED) is 0.706. The Morgan fingerprint density at radius 1 is 1.24 bits per heavy atom. The minimum absolute atomic E-state index is 0. The zero-order valence-corrected chi connectivity index (χ0v) is 11.1. The minimum atomic E-state index is 0. The van der Waals surface area contributed by atoms with Crippen LogP contribution in [0.1, 0.15) is 25.3 Å². The number of benzene rings is 1. The van der Waals surface area contributed by atoms with Gasteiger partial charge in [0.2, 0.25) is 0 Å². The first-order chi connectivity index (χ1) is 7.84. The number of ether oxygens (including phenoxy) is 1. The molecule has 2 N–H and O–H groups in total. The van der Waals surface area contributed by atoms with Crippen molar-refractivity contribution in [3.8, 4) is 5.75 Å². The van der Waals surface area contributed by atoms with E-state index < -0.39 is 0 Å². The van der Waals surface area contributed by atoms with E-state index in [9.17, 15) is 5.11 Å². The number of aromatic hydroxyl groups is 1. The summed E-state index contributed by atoms with van der Waals surface area (Å²) in [5, 5.41) is 12.8. The highest BCUT2D eigenvalue weighted by Gasteiger charge is 1.97. The van der Waals surface area contributed by atoms with E-state index in [1.165, 1.54) is 0 Å². The van der Waals surface area contributed by atoms with E-state index in [0.29, 0.717) is 5.75 Å². The van der Waals surface area contributed by atoms with Gasteiger partial charge in [0.15, 0.2) is 0 Å². The smallest absolute Gasteiger partial charge is 0.120 e. The van der Waals surface area contributed by atoms with Gasteiger partial charge in [-0.15, -0.1) is 12.4 Å². The van der Waals surface area contributed by atoms with Gasteiger partial charge in [-0.25, -0.2) is 0 Å². The standard InChI is InChI=1S/C13H21NO2.ClH/c1-2-16-10-6-5-9-14-11-12-7-3-4-8-13(12)15;/h3-4,7-8,14-15H,2,5-6,9-11H2,1H3;1H. The summed E-state index contributed by atoms with van der Waals surface area (Å²) in [7, 11) is 0. The highest BCUT2D eigenvalue weighted by atomic mass is 35.5. The summed E-state index contributed by atoms with van der Waals surface area (Å²) < 4.78 is 5.25. The molecule has 17 heavy (non-hydrogen) atoms. The third kappa shape index (κ3) is 7.21. The largest absolute Gasteiger partial charge is 0.508 e. The Hall–Kier alpha value is -0.770. The maximum Gasteiger partial charge on any atom is 0.120 e. The summed E-state index contributed by atoms with van der Waals surface area (Å²) in [5.74, 6) is 0.365. The van der Waals surface area contributed by atoms with Gasteiger partial charge in [0.25, 0.3) is 0 Å². The lowest BCUT2D eigenvalue weighted by molar-refractivity contribution is 0.143. The third-order valence-electron chi connectivity index (χ3n) is 2.40. The second kappa shape index (κ2) is 10.4. The molecular formula is C13H22ClNO2. The molecule has 0 radical (unpaired) electrons. The maximum atomic E-state index is 9.52. The molecule has 0 aliphatic heterocycles. The summed E-state index contributed by atoms with van der Waals surface area (Å²) in [6.45, 7) is 5.33. The van der Waals surface area contributed by atoms with Gasteiger partial charge in [0.05, 0.1) is 0 Å². The van der Waals surface area contributed by atoms with Crippen LogP contribution in [0, 0.1) is 0 Å². The molecular weight excluding hydrogens is 238 g/mol. The fourth-order valence-electron chi connectivity index (χ4n) is 1.48. The first kappa shape index (κ1) is 16.2. The lowest BCUT2D eigenvalue weighted by Crippen LogP contribution is -2.15. The van der Waals surface area contributed by atoms with Crippen molar-refractivity contribution in [3.05, 3.63) is 29.8 Å². The molecule has 0 atom stereocenters. The summed E-state index contributed by atoms with van der Waals surface area (Å²) in [6.07, 6.45) is 2.19. The average molecular weight is 260 g/mol. The molecule has 0 saturated carbocycles. The van der Waals surface area contributed by atoms with E-state index in [2.05, 4.69) is 5.32 Å². The molecule has 0 amide bonds. The Labute approximate surface area is 110 Å². The van der Waals surface area contributed by atoms with Crippen molar-refractivity contribution in [2.24, 2.45) is 0 Å². The SMILES string of the molecule is CCOCCCCNCc1ccccc1O.Cl. The third-order valence-corrected chi connectivity index (χ3v) is 2.40. The fourth-order valence-corrected chi connectivity index (χ4v) is 1.48. The van der Waals surface area contributed by atoms with Gasteiger partial charge in [-0.05, 0) is 32.4 Å². The lowest BCUT2D eigenvalue weighted by Gasteiger charge is -2.06. The second-order valence-electron chi connectivity index (χ2n) is 3.71. The summed E-state index contributed by atoms with van der Waals surface area (Å²) in [4.78, 5) is 0. The predicted octanol–water partition coefficient (Wildman–Crippen LogP) is 2.72. The van der Waals surface area contributed by atoms with Crippen molar-refractivity contribution >= 4 is 12.4 Å². The molecule has 0 aliphatic rings. The number of hydrogen-bond acceptors (Lipinski definition) is 3. The molecule has 0 heterocycles. The Morgan fingerprint density at radius 3 is 2.71 bits per heavy atom. The van der Waals surface area contributed by atoms with E-state index in [1.807, 2.05) is 25.1 Å². The van der Waals surface area contributed by atoms with Crippen molar-refractivity contribution in [2.45, 2.75) is 26.3 Å². The Bertz CT molecular complexity index is 295. The van der Waals surface area contributed by atoms with E-state index in [4.69, 9.17) is 4.74 Å². The molecule has 1 aromatic carbocycles. The zero-order chi connectivity index (χ0) is 11.6. The van der Waals surface area contributed by atoms with Gasteiger partial charge in [0.1, 0.15) is 5.75 Å². The predicted molar refractivity (Wildman–Crippen MR) is 72.8 cm³/mol. The minimum Gasteiger partial charge on any atom is -0.508 e. The normalized spacial score (nSPS) is 9.94. The number of phenolic OH excluding ortho intramolecular Hbond substituents is 1. The fraction of sp³-hybridized carbons (Fsp3) is 0.538. The molecule has 0 fully saturated rings. The molecule has 4 heteroatoms. The number of unbranched alkanes of at least 4 members (excludes halogenated alkanes) is 1. The van der Waals surface area contributed by atoms with Crippen molar-refractivity contribution in [1.29, 1.82) is 0 Å². The van der Waals surface area contributed by atoms with Gasteiger partial charge in [-0.2, -0.15) is 0 Å². The van der Waals surface area contributed by atoms with Crippen LogP contribution in [0.3, 0.4) is 0 Å². The molecule has 0 aromatic heterocycles. The van der Waals surface area contributed by atoms with Crippen LogP contribution in [-0.2, 0) is 11.3 Å². The average Bonchev–Trinajstić information content (AvgIpc) is 2.30. The van der Waals surface area contributed by atoms with E-state index in [1.54, 1.807) is 6.07 Å². The van der Waals surface area contributed by atoms with Crippen LogP contribution in [0.15, 0.2) is 24.3 Å². The molecule has 98 valence electrons. The first-order valence-electron chi connectivity index (χ1n) is 5.90. The van der Waals surface area contributed by atoms with E-state index in [0.717, 1.165) is 44.7 Å². The van der Waals surface area contributed by atoms with Crippen LogP contribution in [0.2, 0.25) is 0 Å². The van der Waals surface area contributed by atoms with Crippen LogP contribution in [-0.4, -0.2) is 24.9 Å². The topological polar surface area (TPSA) is 41.5 Å². The highest BCUT2D eigenvalue weighted by molar-refractivity contribution is 5.85. The van der Waals surface area contributed by atoms with Crippen molar-refractivity contribution in [2.75, 3.05) is 19.8 Å². The molecule has 1 aromatic rings. The molecule has 0 saturated heterocycles. The summed E-state index contributed by atoms with van der Waals surface area (Å²) >= 11 is 0. The van der Waals surface area contributed by atoms with Crippen LogP contribution in [0.5, 0.6) is 5.75 Å². The van der Waals surface area contributed by atoms with Crippen LogP contribution in [0.25, 0.3) is 0 Å². The highest BCUT2D eigenvalue weighted by Crippen LogP contribution is 2.14. The number of nitrogens with one attached hydrogen (secondary N) is 1. The van der Waals surface area contributed by atoms with Crippen LogP contribution >= 0.6 is 12.4 Å². The van der Waals surface area contributed by atoms with Gasteiger partial charge in [0, 0.05) is 25.3 Å². The number of rotatable bonds is 8. The van der Waals surface area contributed by atoms with Gasteiger partial charge in [-0.1, -0.05) is 18.2 Å². The molecule has 3 nitrogen and oxygen atoms in total. The number of halogens is 1.